The third-order valence-electron chi connectivity index (χ3n) is 4.10. The highest BCUT2D eigenvalue weighted by atomic mass is 79.9. The molecular formula is C22H31BrNO3P. The van der Waals surface area contributed by atoms with E-state index in [0.29, 0.717) is 5.92 Å². The maximum atomic E-state index is 13.9. The second kappa shape index (κ2) is 10.1. The number of anilines is 1. The summed E-state index contributed by atoms with van der Waals surface area (Å²) in [7, 11) is -3.50. The summed E-state index contributed by atoms with van der Waals surface area (Å²) in [6, 6.07) is 15.9. The molecule has 0 saturated carbocycles. The SMILES string of the molecule is CC(C)OP(=O)(OC(C)C)[C@@H](Nc1ccc(C(C)C)cc1)c1ccc(Br)cc1. The Balaban J connectivity index is 2.45. The molecule has 0 spiro atoms. The van der Waals surface area contributed by atoms with E-state index in [4.69, 9.17) is 9.05 Å². The van der Waals surface area contributed by atoms with Crippen molar-refractivity contribution < 1.29 is 13.6 Å². The molecule has 0 aliphatic heterocycles. The fourth-order valence-corrected chi connectivity index (χ4v) is 5.42. The zero-order chi connectivity index (χ0) is 20.9. The van der Waals surface area contributed by atoms with Gasteiger partial charge in [-0.05, 0) is 69.0 Å². The number of halogens is 1. The maximum Gasteiger partial charge on any atom is 0.357 e. The van der Waals surface area contributed by atoms with Crippen molar-refractivity contribution in [2.75, 3.05) is 5.32 Å². The van der Waals surface area contributed by atoms with E-state index in [1.807, 2.05) is 64.1 Å². The van der Waals surface area contributed by atoms with E-state index in [-0.39, 0.29) is 12.2 Å². The number of nitrogens with one attached hydrogen (secondary N) is 1. The highest BCUT2D eigenvalue weighted by Gasteiger charge is 2.39. The van der Waals surface area contributed by atoms with Crippen LogP contribution in [0.15, 0.2) is 53.0 Å². The van der Waals surface area contributed by atoms with Gasteiger partial charge in [-0.3, -0.25) is 4.57 Å². The first-order valence-corrected chi connectivity index (χ1v) is 12.1. The molecule has 0 fully saturated rings. The lowest BCUT2D eigenvalue weighted by atomic mass is 10.0. The summed E-state index contributed by atoms with van der Waals surface area (Å²) in [6.07, 6.45) is -0.458. The largest absolute Gasteiger partial charge is 0.368 e. The van der Waals surface area contributed by atoms with Gasteiger partial charge in [0, 0.05) is 10.2 Å². The molecule has 1 N–H and O–H groups in total. The van der Waals surface area contributed by atoms with Gasteiger partial charge < -0.3 is 14.4 Å². The van der Waals surface area contributed by atoms with Gasteiger partial charge in [0.1, 0.15) is 0 Å². The van der Waals surface area contributed by atoms with Gasteiger partial charge in [-0.15, -0.1) is 0 Å². The number of benzene rings is 2. The van der Waals surface area contributed by atoms with Crippen LogP contribution in [0.5, 0.6) is 0 Å². The molecule has 0 aliphatic rings. The molecule has 1 atom stereocenters. The summed E-state index contributed by atoms with van der Waals surface area (Å²) >= 11 is 3.46. The van der Waals surface area contributed by atoms with Crippen molar-refractivity contribution in [1.29, 1.82) is 0 Å². The molecule has 0 bridgehead atoms. The van der Waals surface area contributed by atoms with Crippen LogP contribution in [0.2, 0.25) is 0 Å². The van der Waals surface area contributed by atoms with Crippen molar-refractivity contribution in [3.05, 3.63) is 64.1 Å². The minimum absolute atomic E-state index is 0.229. The summed E-state index contributed by atoms with van der Waals surface area (Å²) in [5.41, 5.74) is 2.98. The van der Waals surface area contributed by atoms with Crippen LogP contribution in [-0.2, 0) is 13.6 Å². The lowest BCUT2D eigenvalue weighted by molar-refractivity contribution is 0.138. The van der Waals surface area contributed by atoms with E-state index in [2.05, 4.69) is 47.2 Å². The van der Waals surface area contributed by atoms with Crippen LogP contribution in [0.4, 0.5) is 5.69 Å². The van der Waals surface area contributed by atoms with Gasteiger partial charge in [0.15, 0.2) is 5.78 Å². The van der Waals surface area contributed by atoms with E-state index >= 15 is 0 Å². The first-order valence-electron chi connectivity index (χ1n) is 9.69. The van der Waals surface area contributed by atoms with Crippen LogP contribution < -0.4 is 5.32 Å². The van der Waals surface area contributed by atoms with Gasteiger partial charge in [-0.1, -0.05) is 54.0 Å². The molecule has 2 aromatic rings. The van der Waals surface area contributed by atoms with Gasteiger partial charge in [0.25, 0.3) is 0 Å². The second-order valence-corrected chi connectivity index (χ2v) is 10.7. The second-order valence-electron chi connectivity index (χ2n) is 7.72. The zero-order valence-electron chi connectivity index (χ0n) is 17.5. The maximum absolute atomic E-state index is 13.9. The van der Waals surface area contributed by atoms with Gasteiger partial charge in [-0.2, -0.15) is 0 Å². The van der Waals surface area contributed by atoms with Crippen LogP contribution >= 0.6 is 23.5 Å². The first kappa shape index (κ1) is 23.2. The lowest BCUT2D eigenvalue weighted by Gasteiger charge is -2.31. The van der Waals surface area contributed by atoms with E-state index in [9.17, 15) is 4.57 Å². The molecule has 154 valence electrons. The molecule has 6 heteroatoms. The van der Waals surface area contributed by atoms with Gasteiger partial charge in [-0.25, -0.2) is 0 Å². The Morgan fingerprint density at radius 1 is 0.786 bits per heavy atom. The molecule has 2 aromatic carbocycles. The van der Waals surface area contributed by atoms with Crippen LogP contribution in [0.25, 0.3) is 0 Å². The van der Waals surface area contributed by atoms with Crippen molar-refractivity contribution in [1.82, 2.24) is 0 Å². The fourth-order valence-electron chi connectivity index (χ4n) is 2.85. The van der Waals surface area contributed by atoms with Crippen LogP contribution in [-0.4, -0.2) is 12.2 Å². The Kier molecular flexibility index (Phi) is 8.32. The number of hydrogen-bond acceptors (Lipinski definition) is 4. The smallest absolute Gasteiger partial charge is 0.357 e. The van der Waals surface area contributed by atoms with E-state index in [0.717, 1.165) is 15.7 Å². The standard InChI is InChI=1S/C22H31BrNO3P/c1-15(2)18-9-13-21(14-10-18)24-22(19-7-11-20(23)12-8-19)28(25,26-16(3)4)27-17(5)6/h7-17,22,24H,1-6H3/t22-/m1/s1. The molecule has 0 saturated heterocycles. The minimum atomic E-state index is -3.50. The summed E-state index contributed by atoms with van der Waals surface area (Å²) < 4.78 is 26.6. The van der Waals surface area contributed by atoms with E-state index in [1.165, 1.54) is 5.56 Å². The lowest BCUT2D eigenvalue weighted by Crippen LogP contribution is -2.19. The fraction of sp³-hybridized carbons (Fsp3) is 0.455. The van der Waals surface area contributed by atoms with Crippen LogP contribution in [0.3, 0.4) is 0 Å². The van der Waals surface area contributed by atoms with Crippen molar-refractivity contribution in [3.8, 4) is 0 Å². The topological polar surface area (TPSA) is 47.6 Å². The van der Waals surface area contributed by atoms with Crippen molar-refractivity contribution in [2.24, 2.45) is 0 Å². The quantitative estimate of drug-likeness (QED) is 0.383. The molecular weight excluding hydrogens is 437 g/mol. The Bertz CT molecular complexity index is 774. The Morgan fingerprint density at radius 2 is 1.25 bits per heavy atom. The monoisotopic (exact) mass is 467 g/mol. The highest BCUT2D eigenvalue weighted by molar-refractivity contribution is 9.10. The van der Waals surface area contributed by atoms with Crippen LogP contribution in [0.1, 0.15) is 64.4 Å². The van der Waals surface area contributed by atoms with Crippen molar-refractivity contribution in [3.63, 3.8) is 0 Å². The highest BCUT2D eigenvalue weighted by Crippen LogP contribution is 2.62. The zero-order valence-corrected chi connectivity index (χ0v) is 20.0. The summed E-state index contributed by atoms with van der Waals surface area (Å²) in [5, 5.41) is 3.40. The molecule has 4 nitrogen and oxygen atoms in total. The summed E-state index contributed by atoms with van der Waals surface area (Å²) in [4.78, 5) is 0. The van der Waals surface area contributed by atoms with E-state index < -0.39 is 13.4 Å². The predicted molar refractivity (Wildman–Crippen MR) is 121 cm³/mol. The Labute approximate surface area is 177 Å². The third kappa shape index (κ3) is 6.45. The molecule has 0 aliphatic carbocycles. The molecule has 28 heavy (non-hydrogen) atoms. The molecule has 0 aromatic heterocycles. The van der Waals surface area contributed by atoms with Gasteiger partial charge in [0.2, 0.25) is 0 Å². The average molecular weight is 468 g/mol. The normalized spacial score (nSPS) is 13.4. The van der Waals surface area contributed by atoms with Crippen LogP contribution in [0, 0.1) is 0 Å². The Morgan fingerprint density at radius 3 is 1.68 bits per heavy atom. The first-order chi connectivity index (χ1) is 13.1. The number of rotatable bonds is 9. The van der Waals surface area contributed by atoms with Gasteiger partial charge in [0.05, 0.1) is 12.2 Å². The number of hydrogen-bond donors (Lipinski definition) is 1. The summed E-state index contributed by atoms with van der Waals surface area (Å²) in [5.74, 6) is -0.161. The minimum Gasteiger partial charge on any atom is -0.368 e. The molecule has 0 radical (unpaired) electrons. The van der Waals surface area contributed by atoms with Crippen molar-refractivity contribution in [2.45, 2.75) is 65.5 Å². The molecule has 0 heterocycles. The molecule has 0 unspecified atom stereocenters. The average Bonchev–Trinajstić information content (AvgIpc) is 2.59. The van der Waals surface area contributed by atoms with Crippen molar-refractivity contribution >= 4 is 29.2 Å². The van der Waals surface area contributed by atoms with E-state index in [1.54, 1.807) is 0 Å². The van der Waals surface area contributed by atoms with Gasteiger partial charge >= 0.3 is 7.60 Å². The summed E-state index contributed by atoms with van der Waals surface area (Å²) in [6.45, 7) is 11.8. The third-order valence-corrected chi connectivity index (χ3v) is 7.12. The predicted octanol–water partition coefficient (Wildman–Crippen LogP) is 7.73. The molecule has 0 amide bonds. The Hall–Kier alpha value is -1.13. The molecule has 2 rings (SSSR count).